The van der Waals surface area contributed by atoms with E-state index in [0.717, 1.165) is 16.9 Å². The molecule has 0 fully saturated rings. The minimum Gasteiger partial charge on any atom is -0.496 e. The van der Waals surface area contributed by atoms with Crippen molar-refractivity contribution in [1.29, 1.82) is 0 Å². The van der Waals surface area contributed by atoms with Crippen LogP contribution in [0, 0.1) is 6.92 Å². The maximum atomic E-state index is 11.9. The van der Waals surface area contributed by atoms with Gasteiger partial charge in [0.15, 0.2) is 0 Å². The minimum absolute atomic E-state index is 0.407. The molecule has 0 aliphatic carbocycles. The number of carbonyl (C=O) groups is 2. The fourth-order valence-corrected chi connectivity index (χ4v) is 1.89. The maximum absolute atomic E-state index is 11.9. The number of nitrogens with zero attached hydrogens (tertiary/aromatic N) is 1. The number of aryl methyl sites for hydroxylation is 1. The summed E-state index contributed by atoms with van der Waals surface area (Å²) in [6, 6.07) is 5.41. The summed E-state index contributed by atoms with van der Waals surface area (Å²) in [5.74, 6) is 0.365. The Morgan fingerprint density at radius 3 is 2.57 bits per heavy atom. The number of nitrogens with one attached hydrogen (secondary N) is 1. The first kappa shape index (κ1) is 17.0. The highest BCUT2D eigenvalue weighted by molar-refractivity contribution is 5.94. The topological polar surface area (TPSA) is 67.9 Å². The number of methoxy groups -OCH3 is 2. The molecule has 1 rings (SSSR count). The van der Waals surface area contributed by atoms with E-state index in [-0.39, 0.29) is 0 Å². The van der Waals surface area contributed by atoms with Crippen molar-refractivity contribution in [3.8, 4) is 5.75 Å². The molecule has 21 heavy (non-hydrogen) atoms. The van der Waals surface area contributed by atoms with Crippen LogP contribution in [0.5, 0.6) is 5.75 Å². The van der Waals surface area contributed by atoms with E-state index in [1.165, 1.54) is 7.11 Å². The molecule has 0 spiro atoms. The average Bonchev–Trinajstić information content (AvgIpc) is 2.46. The Balaban J connectivity index is 2.76. The number of amides is 2. The normalized spacial score (nSPS) is 11.9. The molecular formula is C15H22N2O4. The summed E-state index contributed by atoms with van der Waals surface area (Å²) < 4.78 is 9.73. The molecule has 0 radical (unpaired) electrons. The Bertz CT molecular complexity index is 516. The van der Waals surface area contributed by atoms with E-state index in [2.05, 4.69) is 10.1 Å². The molecule has 0 aliphatic rings. The zero-order chi connectivity index (χ0) is 16.0. The number of likely N-dealkylation sites (N-methyl/N-ethyl adjacent to an activating group) is 1. The number of benzene rings is 1. The Hall–Kier alpha value is -2.08. The summed E-state index contributed by atoms with van der Waals surface area (Å²) in [7, 11) is 4.64. The van der Waals surface area contributed by atoms with Gasteiger partial charge in [-0.05, 0) is 27.0 Å². The summed E-state index contributed by atoms with van der Waals surface area (Å²) >= 11 is 0. The van der Waals surface area contributed by atoms with Crippen LogP contribution < -0.4 is 10.1 Å². The number of rotatable bonds is 5. The molecule has 0 aliphatic heterocycles. The second-order valence-corrected chi connectivity index (χ2v) is 4.89. The minimum atomic E-state index is -0.756. The van der Waals surface area contributed by atoms with Crippen molar-refractivity contribution in [1.82, 2.24) is 10.2 Å². The van der Waals surface area contributed by atoms with Gasteiger partial charge in [0.05, 0.1) is 20.3 Å². The summed E-state index contributed by atoms with van der Waals surface area (Å²) in [6.07, 6.45) is -0.756. The van der Waals surface area contributed by atoms with Crippen molar-refractivity contribution < 1.29 is 19.1 Å². The first-order valence-electron chi connectivity index (χ1n) is 6.61. The Kier molecular flexibility index (Phi) is 6.17. The van der Waals surface area contributed by atoms with E-state index >= 15 is 0 Å². The molecule has 0 saturated heterocycles. The van der Waals surface area contributed by atoms with Gasteiger partial charge < -0.3 is 9.47 Å². The van der Waals surface area contributed by atoms with Crippen molar-refractivity contribution in [2.45, 2.75) is 26.4 Å². The van der Waals surface area contributed by atoms with Gasteiger partial charge >= 0.3 is 6.09 Å². The first-order chi connectivity index (χ1) is 9.88. The van der Waals surface area contributed by atoms with Crippen LogP contribution in [0.1, 0.15) is 18.1 Å². The largest absolute Gasteiger partial charge is 0.496 e. The third-order valence-electron chi connectivity index (χ3n) is 3.31. The summed E-state index contributed by atoms with van der Waals surface area (Å²) in [4.78, 5) is 24.8. The zero-order valence-corrected chi connectivity index (χ0v) is 13.1. The van der Waals surface area contributed by atoms with E-state index in [0.29, 0.717) is 6.54 Å². The van der Waals surface area contributed by atoms with Crippen LogP contribution in [-0.2, 0) is 16.1 Å². The molecule has 1 atom stereocenters. The van der Waals surface area contributed by atoms with Gasteiger partial charge in [-0.2, -0.15) is 0 Å². The summed E-state index contributed by atoms with van der Waals surface area (Å²) in [5, 5.41) is 2.16. The first-order valence-corrected chi connectivity index (χ1v) is 6.61. The van der Waals surface area contributed by atoms with E-state index < -0.39 is 18.0 Å². The van der Waals surface area contributed by atoms with Crippen molar-refractivity contribution >= 4 is 12.0 Å². The second kappa shape index (κ2) is 7.64. The number of carbonyl (C=O) groups excluding carboxylic acids is 2. The van der Waals surface area contributed by atoms with Crippen molar-refractivity contribution in [3.05, 3.63) is 29.3 Å². The average molecular weight is 294 g/mol. The lowest BCUT2D eigenvalue weighted by Crippen LogP contribution is -2.45. The maximum Gasteiger partial charge on any atom is 0.413 e. The van der Waals surface area contributed by atoms with Crippen molar-refractivity contribution in [2.24, 2.45) is 0 Å². The monoisotopic (exact) mass is 294 g/mol. The number of ether oxygens (including phenoxy) is 2. The van der Waals surface area contributed by atoms with Gasteiger partial charge in [-0.25, -0.2) is 4.79 Å². The third-order valence-corrected chi connectivity index (χ3v) is 3.31. The molecule has 0 aromatic heterocycles. The van der Waals surface area contributed by atoms with Crippen molar-refractivity contribution in [3.63, 3.8) is 0 Å². The van der Waals surface area contributed by atoms with Gasteiger partial charge in [0, 0.05) is 12.1 Å². The lowest BCUT2D eigenvalue weighted by Gasteiger charge is -2.24. The zero-order valence-electron chi connectivity index (χ0n) is 13.1. The predicted molar refractivity (Wildman–Crippen MR) is 79.2 cm³/mol. The van der Waals surface area contributed by atoms with Crippen LogP contribution >= 0.6 is 0 Å². The van der Waals surface area contributed by atoms with Gasteiger partial charge in [0.2, 0.25) is 5.91 Å². The number of alkyl carbamates (subject to hydrolysis) is 1. The SMILES string of the molecule is COC(=O)NC(=O)[C@@H](C)N(C)Cc1cc(C)ccc1OC. The molecule has 0 bridgehead atoms. The number of hydrogen-bond acceptors (Lipinski definition) is 5. The van der Waals surface area contributed by atoms with Gasteiger partial charge in [0.25, 0.3) is 0 Å². The van der Waals surface area contributed by atoms with Gasteiger partial charge in [0.1, 0.15) is 5.75 Å². The Labute approximate surface area is 125 Å². The van der Waals surface area contributed by atoms with Gasteiger partial charge in [-0.15, -0.1) is 0 Å². The predicted octanol–water partition coefficient (Wildman–Crippen LogP) is 1.71. The van der Waals surface area contributed by atoms with Crippen LogP contribution in [0.3, 0.4) is 0 Å². The molecule has 0 unspecified atom stereocenters. The highest BCUT2D eigenvalue weighted by Gasteiger charge is 2.21. The molecule has 1 aromatic rings. The lowest BCUT2D eigenvalue weighted by atomic mass is 10.1. The van der Waals surface area contributed by atoms with Crippen LogP contribution in [0.15, 0.2) is 18.2 Å². The highest BCUT2D eigenvalue weighted by Crippen LogP contribution is 2.21. The smallest absolute Gasteiger partial charge is 0.413 e. The Morgan fingerprint density at radius 1 is 1.33 bits per heavy atom. The summed E-state index contributed by atoms with van der Waals surface area (Å²) in [6.45, 7) is 4.25. The van der Waals surface area contributed by atoms with E-state index in [9.17, 15) is 9.59 Å². The molecule has 1 N–H and O–H groups in total. The standard InChI is InChI=1S/C15H22N2O4/c1-10-6-7-13(20-4)12(8-10)9-17(3)11(2)14(18)16-15(19)21-5/h6-8,11H,9H2,1-5H3,(H,16,18,19)/t11-/m1/s1. The number of hydrogen-bond donors (Lipinski definition) is 1. The van der Waals surface area contributed by atoms with Crippen LogP contribution in [-0.4, -0.2) is 44.2 Å². The lowest BCUT2D eigenvalue weighted by molar-refractivity contribution is -0.124. The van der Waals surface area contributed by atoms with Crippen molar-refractivity contribution in [2.75, 3.05) is 21.3 Å². The van der Waals surface area contributed by atoms with Gasteiger partial charge in [-0.1, -0.05) is 17.7 Å². The fourth-order valence-electron chi connectivity index (χ4n) is 1.89. The molecule has 0 heterocycles. The Morgan fingerprint density at radius 2 is 2.00 bits per heavy atom. The molecule has 116 valence electrons. The van der Waals surface area contributed by atoms with E-state index in [1.807, 2.05) is 37.1 Å². The van der Waals surface area contributed by atoms with Gasteiger partial charge in [-0.3, -0.25) is 15.0 Å². The van der Waals surface area contributed by atoms with Crippen LogP contribution in [0.25, 0.3) is 0 Å². The highest BCUT2D eigenvalue weighted by atomic mass is 16.5. The molecule has 0 saturated carbocycles. The van der Waals surface area contributed by atoms with E-state index in [1.54, 1.807) is 14.0 Å². The third kappa shape index (κ3) is 4.75. The van der Waals surface area contributed by atoms with Crippen LogP contribution in [0.2, 0.25) is 0 Å². The molecule has 1 aromatic carbocycles. The quantitative estimate of drug-likeness (QED) is 0.895. The van der Waals surface area contributed by atoms with E-state index in [4.69, 9.17) is 4.74 Å². The van der Waals surface area contributed by atoms with Crippen LogP contribution in [0.4, 0.5) is 4.79 Å². The molecule has 6 nitrogen and oxygen atoms in total. The molecular weight excluding hydrogens is 272 g/mol. The second-order valence-electron chi connectivity index (χ2n) is 4.89. The molecule has 6 heteroatoms. The fraction of sp³-hybridized carbons (Fsp3) is 0.467. The molecule has 2 amide bonds. The summed E-state index contributed by atoms with van der Waals surface area (Å²) in [5.41, 5.74) is 2.10. The number of imide groups is 1.